The Bertz CT molecular complexity index is 356. The highest BCUT2D eigenvalue weighted by Crippen LogP contribution is 2.20. The third kappa shape index (κ3) is 5.98. The molecular formula is C15H24BrNO. The maximum atomic E-state index is 10.1. The van der Waals surface area contributed by atoms with Crippen LogP contribution in [0.15, 0.2) is 28.7 Å². The van der Waals surface area contributed by atoms with Crippen LogP contribution in [-0.4, -0.2) is 30.1 Å². The van der Waals surface area contributed by atoms with Gasteiger partial charge in [0, 0.05) is 17.6 Å². The molecule has 1 atom stereocenters. The lowest BCUT2D eigenvalue weighted by molar-refractivity contribution is 0.137. The molecule has 1 rings (SSSR count). The average Bonchev–Trinajstić information content (AvgIpc) is 2.24. The molecule has 3 heteroatoms. The van der Waals surface area contributed by atoms with Gasteiger partial charge in [-0.1, -0.05) is 48.8 Å². The van der Waals surface area contributed by atoms with E-state index >= 15 is 0 Å². The van der Waals surface area contributed by atoms with Crippen molar-refractivity contribution in [1.82, 2.24) is 4.90 Å². The highest BCUT2D eigenvalue weighted by atomic mass is 79.9. The summed E-state index contributed by atoms with van der Waals surface area (Å²) in [5.41, 5.74) is 1.29. The quantitative estimate of drug-likeness (QED) is 0.892. The van der Waals surface area contributed by atoms with Gasteiger partial charge in [-0.05, 0) is 36.6 Å². The molecule has 1 N–H and O–H groups in total. The minimum Gasteiger partial charge on any atom is -0.388 e. The summed E-state index contributed by atoms with van der Waals surface area (Å²) < 4.78 is 1.04. The van der Waals surface area contributed by atoms with Gasteiger partial charge in [0.05, 0.1) is 6.10 Å². The van der Waals surface area contributed by atoms with Gasteiger partial charge in [0.2, 0.25) is 0 Å². The van der Waals surface area contributed by atoms with Crippen LogP contribution in [0, 0.1) is 5.41 Å². The molecule has 0 aliphatic rings. The molecule has 0 spiro atoms. The number of rotatable bonds is 5. The molecule has 0 saturated heterocycles. The smallest absolute Gasteiger partial charge is 0.0802 e. The maximum Gasteiger partial charge on any atom is 0.0802 e. The first-order valence-corrected chi connectivity index (χ1v) is 7.19. The molecule has 0 fully saturated rings. The summed E-state index contributed by atoms with van der Waals surface area (Å²) >= 11 is 3.40. The Labute approximate surface area is 119 Å². The van der Waals surface area contributed by atoms with Crippen molar-refractivity contribution in [1.29, 1.82) is 0 Å². The second-order valence-corrected chi connectivity index (χ2v) is 7.07. The first kappa shape index (κ1) is 15.7. The van der Waals surface area contributed by atoms with Crippen LogP contribution >= 0.6 is 15.9 Å². The van der Waals surface area contributed by atoms with E-state index in [1.54, 1.807) is 0 Å². The molecule has 0 radical (unpaired) electrons. The Morgan fingerprint density at radius 1 is 1.22 bits per heavy atom. The van der Waals surface area contributed by atoms with Crippen molar-refractivity contribution in [2.75, 3.05) is 20.1 Å². The minimum absolute atomic E-state index is 0.303. The standard InChI is InChI=1S/C15H24BrNO/c1-15(2,3)11-17(4)10-9-14(18)12-5-7-13(16)8-6-12/h5-8,14,18H,9-11H2,1-4H3. The van der Waals surface area contributed by atoms with E-state index < -0.39 is 0 Å². The van der Waals surface area contributed by atoms with Crippen LogP contribution < -0.4 is 0 Å². The van der Waals surface area contributed by atoms with Crippen molar-refractivity contribution in [3.8, 4) is 0 Å². The van der Waals surface area contributed by atoms with Gasteiger partial charge >= 0.3 is 0 Å². The Kier molecular flexibility index (Phi) is 5.83. The molecule has 0 saturated carbocycles. The summed E-state index contributed by atoms with van der Waals surface area (Å²) in [5.74, 6) is 0. The van der Waals surface area contributed by atoms with Crippen LogP contribution in [0.2, 0.25) is 0 Å². The van der Waals surface area contributed by atoms with Crippen LogP contribution in [0.5, 0.6) is 0 Å². The van der Waals surface area contributed by atoms with Gasteiger partial charge in [-0.2, -0.15) is 0 Å². The van der Waals surface area contributed by atoms with E-state index in [9.17, 15) is 5.11 Å². The Morgan fingerprint density at radius 3 is 2.28 bits per heavy atom. The summed E-state index contributed by atoms with van der Waals surface area (Å²) in [4.78, 5) is 2.28. The van der Waals surface area contributed by atoms with Crippen LogP contribution in [0.1, 0.15) is 38.9 Å². The number of hydrogen-bond donors (Lipinski definition) is 1. The number of nitrogens with zero attached hydrogens (tertiary/aromatic N) is 1. The second kappa shape index (κ2) is 6.69. The Hall–Kier alpha value is -0.380. The molecule has 0 heterocycles. The van der Waals surface area contributed by atoms with Crippen molar-refractivity contribution in [2.45, 2.75) is 33.3 Å². The van der Waals surface area contributed by atoms with Gasteiger partial charge in [0.15, 0.2) is 0 Å². The van der Waals surface area contributed by atoms with Crippen LogP contribution in [-0.2, 0) is 0 Å². The molecule has 1 aromatic carbocycles. The molecule has 0 bridgehead atoms. The van der Waals surface area contributed by atoms with E-state index in [1.165, 1.54) is 0 Å². The first-order valence-electron chi connectivity index (χ1n) is 6.40. The third-order valence-electron chi connectivity index (χ3n) is 2.78. The zero-order chi connectivity index (χ0) is 13.8. The van der Waals surface area contributed by atoms with E-state index in [-0.39, 0.29) is 6.10 Å². The fraction of sp³-hybridized carbons (Fsp3) is 0.600. The summed E-state index contributed by atoms with van der Waals surface area (Å²) in [5, 5.41) is 10.1. The van der Waals surface area contributed by atoms with Crippen LogP contribution in [0.25, 0.3) is 0 Å². The van der Waals surface area contributed by atoms with E-state index in [0.29, 0.717) is 5.41 Å². The fourth-order valence-electron chi connectivity index (χ4n) is 2.08. The van der Waals surface area contributed by atoms with Crippen molar-refractivity contribution < 1.29 is 5.11 Å². The molecule has 102 valence electrons. The van der Waals surface area contributed by atoms with Gasteiger partial charge in [-0.3, -0.25) is 0 Å². The minimum atomic E-state index is -0.375. The highest BCUT2D eigenvalue weighted by Gasteiger charge is 2.15. The number of benzene rings is 1. The molecule has 0 aliphatic heterocycles. The van der Waals surface area contributed by atoms with Crippen molar-refractivity contribution in [2.24, 2.45) is 5.41 Å². The van der Waals surface area contributed by atoms with E-state index in [2.05, 4.69) is 48.6 Å². The van der Waals surface area contributed by atoms with Crippen LogP contribution in [0.4, 0.5) is 0 Å². The molecule has 0 aliphatic carbocycles. The molecule has 1 aromatic rings. The molecule has 2 nitrogen and oxygen atoms in total. The second-order valence-electron chi connectivity index (χ2n) is 6.15. The van der Waals surface area contributed by atoms with Crippen LogP contribution in [0.3, 0.4) is 0 Å². The van der Waals surface area contributed by atoms with Crippen molar-refractivity contribution in [3.05, 3.63) is 34.3 Å². The zero-order valence-electron chi connectivity index (χ0n) is 11.8. The lowest BCUT2D eigenvalue weighted by Crippen LogP contribution is -2.30. The average molecular weight is 314 g/mol. The van der Waals surface area contributed by atoms with Crippen molar-refractivity contribution in [3.63, 3.8) is 0 Å². The normalized spacial score (nSPS) is 13.9. The number of halogens is 1. The fourth-order valence-corrected chi connectivity index (χ4v) is 2.35. The molecule has 0 amide bonds. The van der Waals surface area contributed by atoms with E-state index in [4.69, 9.17) is 0 Å². The maximum absolute atomic E-state index is 10.1. The molecule has 1 unspecified atom stereocenters. The van der Waals surface area contributed by atoms with Gasteiger partial charge in [0.25, 0.3) is 0 Å². The van der Waals surface area contributed by atoms with Gasteiger partial charge < -0.3 is 10.0 Å². The largest absolute Gasteiger partial charge is 0.388 e. The van der Waals surface area contributed by atoms with E-state index in [0.717, 1.165) is 29.5 Å². The lowest BCUT2D eigenvalue weighted by Gasteiger charge is -2.27. The molecular weight excluding hydrogens is 290 g/mol. The highest BCUT2D eigenvalue weighted by molar-refractivity contribution is 9.10. The monoisotopic (exact) mass is 313 g/mol. The summed E-state index contributed by atoms with van der Waals surface area (Å²) in [6, 6.07) is 7.88. The van der Waals surface area contributed by atoms with E-state index in [1.807, 2.05) is 24.3 Å². The topological polar surface area (TPSA) is 23.5 Å². The number of aliphatic hydroxyl groups is 1. The summed E-state index contributed by atoms with van der Waals surface area (Å²) in [6.45, 7) is 8.65. The Balaban J connectivity index is 2.41. The molecule has 0 aromatic heterocycles. The van der Waals surface area contributed by atoms with Gasteiger partial charge in [0.1, 0.15) is 0 Å². The molecule has 18 heavy (non-hydrogen) atoms. The van der Waals surface area contributed by atoms with Gasteiger partial charge in [-0.25, -0.2) is 0 Å². The van der Waals surface area contributed by atoms with Crippen molar-refractivity contribution >= 4 is 15.9 Å². The van der Waals surface area contributed by atoms with Gasteiger partial charge in [-0.15, -0.1) is 0 Å². The zero-order valence-corrected chi connectivity index (χ0v) is 13.4. The predicted molar refractivity (Wildman–Crippen MR) is 80.7 cm³/mol. The lowest BCUT2D eigenvalue weighted by atomic mass is 9.96. The Morgan fingerprint density at radius 2 is 1.78 bits per heavy atom. The predicted octanol–water partition coefficient (Wildman–Crippen LogP) is 3.85. The summed E-state index contributed by atoms with van der Waals surface area (Å²) in [7, 11) is 2.11. The third-order valence-corrected chi connectivity index (χ3v) is 3.31. The first-order chi connectivity index (χ1) is 8.28. The number of hydrogen-bond acceptors (Lipinski definition) is 2. The number of aliphatic hydroxyl groups excluding tert-OH is 1. The summed E-state index contributed by atoms with van der Waals surface area (Å²) in [6.07, 6.45) is 0.398. The SMILES string of the molecule is CN(CCC(O)c1ccc(Br)cc1)CC(C)(C)C.